The van der Waals surface area contributed by atoms with Crippen molar-refractivity contribution in [1.29, 1.82) is 0 Å². The maximum absolute atomic E-state index is 9.58. The maximum Gasteiger partial charge on any atom is 0.127 e. The lowest BCUT2D eigenvalue weighted by atomic mass is 10.0. The Labute approximate surface area is 215 Å². The Kier molecular flexibility index (Phi) is 11.3. The highest BCUT2D eigenvalue weighted by Gasteiger charge is 2.04. The second kappa shape index (κ2) is 14.9. The summed E-state index contributed by atoms with van der Waals surface area (Å²) in [4.78, 5) is 8.00. The molecule has 0 unspecified atom stereocenters. The van der Waals surface area contributed by atoms with Gasteiger partial charge in [-0.2, -0.15) is 0 Å². The third-order valence-corrected chi connectivity index (χ3v) is 4.89. The van der Waals surface area contributed by atoms with Crippen molar-refractivity contribution in [2.24, 2.45) is 0 Å². The van der Waals surface area contributed by atoms with Crippen molar-refractivity contribution in [3.05, 3.63) is 127 Å². The largest absolute Gasteiger partial charge is 0.508 e. The quantitative estimate of drug-likeness (QED) is 0.185. The number of para-hydroxylation sites is 1. The van der Waals surface area contributed by atoms with E-state index in [1.165, 1.54) is 12.1 Å². The Morgan fingerprint density at radius 2 is 0.703 bits per heavy atom. The van der Waals surface area contributed by atoms with Crippen molar-refractivity contribution >= 4 is 6.79 Å². The molecule has 5 aromatic carbocycles. The van der Waals surface area contributed by atoms with E-state index in [-0.39, 0.29) is 23.0 Å². The number of benzene rings is 5. The number of aromatic hydroxyl groups is 5. The van der Waals surface area contributed by atoms with Gasteiger partial charge in [0.2, 0.25) is 0 Å². The van der Waals surface area contributed by atoms with Crippen molar-refractivity contribution in [2.75, 3.05) is 0 Å². The van der Waals surface area contributed by atoms with E-state index in [0.717, 1.165) is 22.3 Å². The van der Waals surface area contributed by atoms with Gasteiger partial charge in [-0.05, 0) is 47.5 Å². The molecule has 5 rings (SSSR count). The number of carbonyl (C=O) groups is 1. The zero-order chi connectivity index (χ0) is 27.0. The van der Waals surface area contributed by atoms with Gasteiger partial charge >= 0.3 is 0 Å². The molecule has 0 aliphatic heterocycles. The normalized spacial score (nSPS) is 9.30. The van der Waals surface area contributed by atoms with Gasteiger partial charge in [-0.3, -0.25) is 0 Å². The summed E-state index contributed by atoms with van der Waals surface area (Å²) >= 11 is 0. The standard InChI is InChI=1S/2C12H10O2.C6H6O.CH2O/c2*13-10-6-7-11(12(14)8-10)9-4-2-1-3-5-9;7-6-4-2-1-3-5-6;1-2/h2*1-8,13-14H;1-5,7H;1H2. The third-order valence-electron chi connectivity index (χ3n) is 4.89. The van der Waals surface area contributed by atoms with E-state index in [2.05, 4.69) is 0 Å². The monoisotopic (exact) mass is 496 g/mol. The fourth-order valence-electron chi connectivity index (χ4n) is 3.19. The van der Waals surface area contributed by atoms with Crippen molar-refractivity contribution < 1.29 is 30.3 Å². The van der Waals surface area contributed by atoms with E-state index in [1.54, 1.807) is 48.5 Å². The van der Waals surface area contributed by atoms with Crippen LogP contribution in [0.5, 0.6) is 28.7 Å². The lowest BCUT2D eigenvalue weighted by Crippen LogP contribution is -1.77. The molecule has 0 atom stereocenters. The van der Waals surface area contributed by atoms with Gasteiger partial charge in [0.1, 0.15) is 35.5 Å². The van der Waals surface area contributed by atoms with Gasteiger partial charge in [0.15, 0.2) is 0 Å². The first-order chi connectivity index (χ1) is 17.9. The van der Waals surface area contributed by atoms with Crippen LogP contribution in [0.15, 0.2) is 127 Å². The van der Waals surface area contributed by atoms with Crippen LogP contribution in [0, 0.1) is 0 Å². The zero-order valence-electron chi connectivity index (χ0n) is 20.0. The second-order valence-corrected chi connectivity index (χ2v) is 7.47. The van der Waals surface area contributed by atoms with E-state index < -0.39 is 0 Å². The fourth-order valence-corrected chi connectivity index (χ4v) is 3.19. The zero-order valence-corrected chi connectivity index (χ0v) is 20.0. The Bertz CT molecular complexity index is 1250. The van der Waals surface area contributed by atoms with Crippen LogP contribution in [-0.4, -0.2) is 32.3 Å². The highest BCUT2D eigenvalue weighted by atomic mass is 16.3. The summed E-state index contributed by atoms with van der Waals surface area (Å²) in [6.07, 6.45) is 0. The minimum absolute atomic E-state index is 0.0715. The molecule has 0 bridgehead atoms. The van der Waals surface area contributed by atoms with Crippen LogP contribution in [0.3, 0.4) is 0 Å². The number of hydrogen-bond acceptors (Lipinski definition) is 6. The van der Waals surface area contributed by atoms with Crippen LogP contribution in [0.4, 0.5) is 0 Å². The number of carbonyl (C=O) groups excluding carboxylic acids is 1. The second-order valence-electron chi connectivity index (χ2n) is 7.47. The van der Waals surface area contributed by atoms with Crippen LogP contribution in [-0.2, 0) is 4.79 Å². The smallest absolute Gasteiger partial charge is 0.127 e. The molecule has 0 saturated heterocycles. The molecule has 0 amide bonds. The highest BCUT2D eigenvalue weighted by molar-refractivity contribution is 5.71. The van der Waals surface area contributed by atoms with Gasteiger partial charge in [-0.1, -0.05) is 78.9 Å². The van der Waals surface area contributed by atoms with Crippen molar-refractivity contribution in [3.63, 3.8) is 0 Å². The van der Waals surface area contributed by atoms with E-state index in [0.29, 0.717) is 5.75 Å². The molecule has 0 fully saturated rings. The first-order valence-electron chi connectivity index (χ1n) is 11.1. The summed E-state index contributed by atoms with van der Waals surface area (Å²) in [6.45, 7) is 2.00. The lowest BCUT2D eigenvalue weighted by Gasteiger charge is -2.04. The number of rotatable bonds is 2. The van der Waals surface area contributed by atoms with Gasteiger partial charge in [-0.25, -0.2) is 0 Å². The number of phenols is 5. The summed E-state index contributed by atoms with van der Waals surface area (Å²) in [5.41, 5.74) is 3.32. The van der Waals surface area contributed by atoms with Crippen molar-refractivity contribution in [3.8, 4) is 51.0 Å². The molecule has 5 aromatic rings. The minimum atomic E-state index is 0.0715. The van der Waals surface area contributed by atoms with E-state index in [1.807, 2.05) is 73.5 Å². The van der Waals surface area contributed by atoms with Crippen LogP contribution in [0.25, 0.3) is 22.3 Å². The Hall–Kier alpha value is -5.23. The topological polar surface area (TPSA) is 118 Å². The predicted octanol–water partition coefficient (Wildman–Crippen LogP) is 6.74. The molecule has 0 saturated carbocycles. The molecular weight excluding hydrogens is 468 g/mol. The molecule has 37 heavy (non-hydrogen) atoms. The van der Waals surface area contributed by atoms with Crippen molar-refractivity contribution in [2.45, 2.75) is 0 Å². The molecule has 188 valence electrons. The van der Waals surface area contributed by atoms with Crippen LogP contribution in [0.2, 0.25) is 0 Å². The van der Waals surface area contributed by atoms with Gasteiger partial charge in [0.05, 0.1) is 0 Å². The summed E-state index contributed by atoms with van der Waals surface area (Å²) < 4.78 is 0. The molecule has 0 spiro atoms. The molecule has 5 N–H and O–H groups in total. The summed E-state index contributed by atoms with van der Waals surface area (Å²) in [6, 6.07) is 37.0. The van der Waals surface area contributed by atoms with Crippen molar-refractivity contribution in [1.82, 2.24) is 0 Å². The molecular formula is C31H28O6. The molecule has 0 aliphatic carbocycles. The van der Waals surface area contributed by atoms with E-state index in [4.69, 9.17) is 20.1 Å². The predicted molar refractivity (Wildman–Crippen MR) is 146 cm³/mol. The molecule has 0 aromatic heterocycles. The Balaban J connectivity index is 0.000000198. The Morgan fingerprint density at radius 1 is 0.378 bits per heavy atom. The summed E-state index contributed by atoms with van der Waals surface area (Å²) in [5, 5.41) is 46.1. The Morgan fingerprint density at radius 3 is 0.973 bits per heavy atom. The maximum atomic E-state index is 9.58. The van der Waals surface area contributed by atoms with Gasteiger partial charge in [0.25, 0.3) is 0 Å². The molecule has 0 radical (unpaired) electrons. The lowest BCUT2D eigenvalue weighted by molar-refractivity contribution is -0.0980. The molecule has 6 heteroatoms. The van der Waals surface area contributed by atoms with Gasteiger partial charge in [-0.15, -0.1) is 0 Å². The minimum Gasteiger partial charge on any atom is -0.508 e. The highest BCUT2D eigenvalue weighted by Crippen LogP contribution is 2.32. The first-order valence-corrected chi connectivity index (χ1v) is 11.1. The fraction of sp³-hybridized carbons (Fsp3) is 0. The van der Waals surface area contributed by atoms with Gasteiger partial charge in [0, 0.05) is 23.3 Å². The molecule has 0 aliphatic rings. The summed E-state index contributed by atoms with van der Waals surface area (Å²) in [5.74, 6) is 0.652. The van der Waals surface area contributed by atoms with Crippen LogP contribution < -0.4 is 0 Å². The van der Waals surface area contributed by atoms with Gasteiger partial charge < -0.3 is 30.3 Å². The third kappa shape index (κ3) is 9.15. The van der Waals surface area contributed by atoms with E-state index in [9.17, 15) is 10.2 Å². The molecule has 6 nitrogen and oxygen atoms in total. The summed E-state index contributed by atoms with van der Waals surface area (Å²) in [7, 11) is 0. The van der Waals surface area contributed by atoms with Crippen LogP contribution >= 0.6 is 0 Å². The molecule has 0 heterocycles. The number of phenolic OH excluding ortho intramolecular Hbond substituents is 5. The average Bonchev–Trinajstić information content (AvgIpc) is 2.92. The van der Waals surface area contributed by atoms with Crippen LogP contribution in [0.1, 0.15) is 0 Å². The average molecular weight is 497 g/mol. The first kappa shape index (κ1) is 28.0. The van der Waals surface area contributed by atoms with E-state index >= 15 is 0 Å². The number of hydrogen-bond donors (Lipinski definition) is 5. The SMILES string of the molecule is C=O.Oc1ccc(-c2ccccc2)c(O)c1.Oc1ccc(-c2ccccc2)c(O)c1.Oc1ccccc1.